The van der Waals surface area contributed by atoms with Crippen LogP contribution in [0.4, 0.5) is 5.69 Å². The second-order valence-electron chi connectivity index (χ2n) is 8.01. The minimum Gasteiger partial charge on any atom is -0.329 e. The van der Waals surface area contributed by atoms with E-state index in [1.165, 1.54) is 24.3 Å². The highest BCUT2D eigenvalue weighted by atomic mass is 32.2. The van der Waals surface area contributed by atoms with E-state index in [4.69, 9.17) is 0 Å². The van der Waals surface area contributed by atoms with E-state index in [9.17, 15) is 18.0 Å². The van der Waals surface area contributed by atoms with Crippen LogP contribution in [-0.4, -0.2) is 29.8 Å². The summed E-state index contributed by atoms with van der Waals surface area (Å²) in [5.74, 6) is -0.327. The number of nitrogens with zero attached hydrogens (tertiary/aromatic N) is 2. The van der Waals surface area contributed by atoms with E-state index >= 15 is 0 Å². The fourth-order valence-corrected chi connectivity index (χ4v) is 4.79. The van der Waals surface area contributed by atoms with Crippen LogP contribution in [0.1, 0.15) is 39.0 Å². The Balaban J connectivity index is 1.45. The average molecular weight is 492 g/mol. The predicted octanol–water partition coefficient (Wildman–Crippen LogP) is 3.55. The molecule has 0 saturated carbocycles. The zero-order chi connectivity index (χ0) is 25.2. The van der Waals surface area contributed by atoms with E-state index in [1.807, 2.05) is 31.4 Å². The molecule has 0 radical (unpaired) electrons. The summed E-state index contributed by atoms with van der Waals surface area (Å²) in [6.07, 6.45) is 0. The van der Waals surface area contributed by atoms with Crippen LogP contribution in [0.5, 0.6) is 0 Å². The Kier molecular flexibility index (Phi) is 6.57. The van der Waals surface area contributed by atoms with Gasteiger partial charge in [-0.05, 0) is 69.3 Å². The molecular weight excluding hydrogens is 466 g/mol. The molecular formula is C25H25N5O4S. The van der Waals surface area contributed by atoms with Gasteiger partial charge in [-0.15, -0.1) is 0 Å². The zero-order valence-electron chi connectivity index (χ0n) is 19.5. The van der Waals surface area contributed by atoms with Crippen molar-refractivity contribution < 1.29 is 18.0 Å². The molecule has 4 rings (SSSR count). The summed E-state index contributed by atoms with van der Waals surface area (Å²) in [4.78, 5) is 29.6. The van der Waals surface area contributed by atoms with Crippen LogP contribution < -0.4 is 15.6 Å². The molecule has 10 heteroatoms. The molecule has 0 aliphatic rings. The van der Waals surface area contributed by atoms with Gasteiger partial charge in [-0.3, -0.25) is 25.2 Å². The normalized spacial score (nSPS) is 11.3. The number of hydrogen-bond donors (Lipinski definition) is 3. The number of imidazole rings is 1. The van der Waals surface area contributed by atoms with Crippen LogP contribution in [0.25, 0.3) is 11.0 Å². The molecule has 3 aromatic carbocycles. The first-order valence-corrected chi connectivity index (χ1v) is 12.4. The van der Waals surface area contributed by atoms with Gasteiger partial charge in [-0.2, -0.15) is 0 Å². The highest BCUT2D eigenvalue weighted by Gasteiger charge is 2.17. The minimum absolute atomic E-state index is 0.0739. The maximum Gasteiger partial charge on any atom is 0.269 e. The van der Waals surface area contributed by atoms with Gasteiger partial charge in [0.05, 0.1) is 15.9 Å². The first-order chi connectivity index (χ1) is 16.7. The maximum atomic E-state index is 12.7. The van der Waals surface area contributed by atoms with Crippen molar-refractivity contribution in [3.05, 3.63) is 89.2 Å². The quantitative estimate of drug-likeness (QED) is 0.356. The van der Waals surface area contributed by atoms with Gasteiger partial charge in [0.25, 0.3) is 21.8 Å². The van der Waals surface area contributed by atoms with Gasteiger partial charge in [-0.25, -0.2) is 13.4 Å². The molecule has 9 nitrogen and oxygen atoms in total. The lowest BCUT2D eigenvalue weighted by molar-refractivity contribution is 0.0846. The second-order valence-corrected chi connectivity index (χ2v) is 9.70. The third kappa shape index (κ3) is 5.17. The van der Waals surface area contributed by atoms with Crippen LogP contribution in [0.3, 0.4) is 0 Å². The first kappa shape index (κ1) is 24.0. The number of hydrazine groups is 1. The topological polar surface area (TPSA) is 122 Å². The van der Waals surface area contributed by atoms with E-state index < -0.39 is 21.8 Å². The van der Waals surface area contributed by atoms with Gasteiger partial charge >= 0.3 is 0 Å². The zero-order valence-corrected chi connectivity index (χ0v) is 20.3. The standard InChI is InChI=1S/C25H25N5O4S/c1-4-30-17(3)26-22-15-19(10-13-23(22)30)25(32)28-27-24(31)18-6-5-7-21(14-18)35(33,34)29-20-11-8-16(2)9-12-20/h5-15,29H,4H2,1-3H3,(H,27,31)(H,28,32). The number of fused-ring (bicyclic) bond motifs is 1. The SMILES string of the molecule is CCn1c(C)nc2cc(C(=O)NNC(=O)c3cccc(S(=O)(=O)Nc4ccc(C)cc4)c3)ccc21. The van der Waals surface area contributed by atoms with Gasteiger partial charge in [0.2, 0.25) is 0 Å². The van der Waals surface area contributed by atoms with Gasteiger partial charge in [0, 0.05) is 23.4 Å². The largest absolute Gasteiger partial charge is 0.329 e. The van der Waals surface area contributed by atoms with E-state index in [2.05, 4.69) is 20.6 Å². The first-order valence-electron chi connectivity index (χ1n) is 10.9. The number of hydrogen-bond acceptors (Lipinski definition) is 5. The number of benzene rings is 3. The number of nitrogens with one attached hydrogen (secondary N) is 3. The fraction of sp³-hybridized carbons (Fsp3) is 0.160. The molecule has 0 fully saturated rings. The van der Waals surface area contributed by atoms with Crippen LogP contribution in [0, 0.1) is 13.8 Å². The highest BCUT2D eigenvalue weighted by Crippen LogP contribution is 2.19. The van der Waals surface area contributed by atoms with Crippen molar-refractivity contribution >= 4 is 38.6 Å². The Morgan fingerprint density at radius 2 is 1.54 bits per heavy atom. The summed E-state index contributed by atoms with van der Waals surface area (Å²) >= 11 is 0. The summed E-state index contributed by atoms with van der Waals surface area (Å²) in [7, 11) is -3.91. The Bertz CT molecular complexity index is 1530. The fourth-order valence-electron chi connectivity index (χ4n) is 3.69. The lowest BCUT2D eigenvalue weighted by Crippen LogP contribution is -2.41. The molecule has 0 unspecified atom stereocenters. The lowest BCUT2D eigenvalue weighted by atomic mass is 10.2. The van der Waals surface area contributed by atoms with Crippen LogP contribution in [0.15, 0.2) is 71.6 Å². The van der Waals surface area contributed by atoms with Crippen molar-refractivity contribution in [1.29, 1.82) is 0 Å². The van der Waals surface area contributed by atoms with Crippen molar-refractivity contribution in [3.63, 3.8) is 0 Å². The molecule has 0 bridgehead atoms. The average Bonchev–Trinajstić information content (AvgIpc) is 3.17. The van der Waals surface area contributed by atoms with E-state index in [1.54, 1.807) is 36.4 Å². The van der Waals surface area contributed by atoms with Crippen LogP contribution in [-0.2, 0) is 16.6 Å². The number of carbonyl (C=O) groups excluding carboxylic acids is 2. The number of aryl methyl sites for hydroxylation is 3. The molecule has 1 heterocycles. The van der Waals surface area contributed by atoms with Gasteiger partial charge in [0.15, 0.2) is 0 Å². The number of carbonyl (C=O) groups is 2. The molecule has 180 valence electrons. The minimum atomic E-state index is -3.91. The molecule has 1 aromatic heterocycles. The summed E-state index contributed by atoms with van der Waals surface area (Å²) in [6.45, 7) is 6.58. The van der Waals surface area contributed by atoms with Gasteiger partial charge in [0.1, 0.15) is 5.82 Å². The molecule has 35 heavy (non-hydrogen) atoms. The molecule has 3 N–H and O–H groups in total. The van der Waals surface area contributed by atoms with Crippen LogP contribution in [0.2, 0.25) is 0 Å². The third-order valence-corrected chi connectivity index (χ3v) is 6.90. The second kappa shape index (κ2) is 9.59. The Labute approximate surface area is 203 Å². The molecule has 2 amide bonds. The molecule has 0 aliphatic carbocycles. The number of aromatic nitrogens is 2. The summed E-state index contributed by atoms with van der Waals surface area (Å²) in [5.41, 5.74) is 8.11. The number of rotatable bonds is 6. The molecule has 0 atom stereocenters. The van der Waals surface area contributed by atoms with Crippen molar-refractivity contribution in [2.24, 2.45) is 0 Å². The van der Waals surface area contributed by atoms with Crippen molar-refractivity contribution in [1.82, 2.24) is 20.4 Å². The van der Waals surface area contributed by atoms with Crippen molar-refractivity contribution in [2.75, 3.05) is 4.72 Å². The van der Waals surface area contributed by atoms with Gasteiger partial charge < -0.3 is 4.57 Å². The Morgan fingerprint density at radius 1 is 0.886 bits per heavy atom. The lowest BCUT2D eigenvalue weighted by Gasteiger charge is -2.11. The maximum absolute atomic E-state index is 12.7. The van der Waals surface area contributed by atoms with E-state index in [0.717, 1.165) is 23.4 Å². The Morgan fingerprint density at radius 3 is 2.20 bits per heavy atom. The number of anilines is 1. The number of amides is 2. The summed E-state index contributed by atoms with van der Waals surface area (Å²) in [6, 6.07) is 17.6. The summed E-state index contributed by atoms with van der Waals surface area (Å²) < 4.78 is 30.0. The predicted molar refractivity (Wildman–Crippen MR) is 134 cm³/mol. The molecule has 4 aromatic rings. The number of sulfonamides is 1. The monoisotopic (exact) mass is 491 g/mol. The molecule has 0 spiro atoms. The molecule has 0 aliphatic heterocycles. The summed E-state index contributed by atoms with van der Waals surface area (Å²) in [5, 5.41) is 0. The van der Waals surface area contributed by atoms with Crippen molar-refractivity contribution in [2.45, 2.75) is 32.2 Å². The molecule has 0 saturated heterocycles. The Hall–Kier alpha value is -4.18. The van der Waals surface area contributed by atoms with Crippen LogP contribution >= 0.6 is 0 Å². The van der Waals surface area contributed by atoms with E-state index in [-0.39, 0.29) is 10.5 Å². The third-order valence-electron chi connectivity index (χ3n) is 5.52. The highest BCUT2D eigenvalue weighted by molar-refractivity contribution is 7.92. The van der Waals surface area contributed by atoms with E-state index in [0.29, 0.717) is 16.8 Å². The van der Waals surface area contributed by atoms with Gasteiger partial charge in [-0.1, -0.05) is 23.8 Å². The smallest absolute Gasteiger partial charge is 0.269 e. The van der Waals surface area contributed by atoms with Crippen molar-refractivity contribution in [3.8, 4) is 0 Å².